The fourth-order valence-corrected chi connectivity index (χ4v) is 1.99. The van der Waals surface area contributed by atoms with E-state index in [1.807, 2.05) is 31.3 Å². The summed E-state index contributed by atoms with van der Waals surface area (Å²) in [5, 5.41) is 3.33. The molecule has 2 aromatic heterocycles. The zero-order valence-electron chi connectivity index (χ0n) is 10.1. The number of hydrogen-bond donors (Lipinski definition) is 2. The number of aromatic nitrogens is 3. The van der Waals surface area contributed by atoms with Gasteiger partial charge in [0.15, 0.2) is 5.82 Å². The normalized spacial score (nSPS) is 10.7. The van der Waals surface area contributed by atoms with E-state index in [0.717, 1.165) is 29.0 Å². The second kappa shape index (κ2) is 4.49. The summed E-state index contributed by atoms with van der Waals surface area (Å²) >= 11 is 0. The van der Waals surface area contributed by atoms with E-state index in [-0.39, 0.29) is 0 Å². The quantitative estimate of drug-likeness (QED) is 0.737. The minimum Gasteiger partial charge on any atom is -0.364 e. The maximum absolute atomic E-state index is 4.28. The zero-order chi connectivity index (χ0) is 12.4. The molecule has 0 aliphatic heterocycles. The van der Waals surface area contributed by atoms with Crippen LogP contribution in [0.1, 0.15) is 11.1 Å². The Morgan fingerprint density at radius 2 is 2.00 bits per heavy atom. The van der Waals surface area contributed by atoms with Crippen LogP contribution in [0.25, 0.3) is 11.0 Å². The van der Waals surface area contributed by atoms with Gasteiger partial charge in [-0.2, -0.15) is 0 Å². The van der Waals surface area contributed by atoms with Crippen molar-refractivity contribution in [2.75, 3.05) is 5.32 Å². The van der Waals surface area contributed by atoms with Gasteiger partial charge in [0, 0.05) is 12.7 Å². The van der Waals surface area contributed by atoms with Gasteiger partial charge in [-0.25, -0.2) is 9.97 Å². The first-order chi connectivity index (χ1) is 8.84. The van der Waals surface area contributed by atoms with Gasteiger partial charge in [0.25, 0.3) is 0 Å². The SMILES string of the molecule is Cc1c[nH]c2c(NCc3ccccc3)ncnc12. The molecule has 0 unspecified atom stereocenters. The first-order valence-electron chi connectivity index (χ1n) is 5.91. The van der Waals surface area contributed by atoms with Gasteiger partial charge >= 0.3 is 0 Å². The standard InChI is InChI=1S/C14H14N4/c1-10-7-15-13-12(10)17-9-18-14(13)16-8-11-5-3-2-4-6-11/h2-7,9,15H,8H2,1H3,(H,16,17,18). The fraction of sp³-hybridized carbons (Fsp3) is 0.143. The average Bonchev–Trinajstić information content (AvgIpc) is 2.80. The molecule has 90 valence electrons. The molecule has 0 bridgehead atoms. The highest BCUT2D eigenvalue weighted by Crippen LogP contribution is 2.20. The molecular formula is C14H14N4. The summed E-state index contributed by atoms with van der Waals surface area (Å²) in [5.74, 6) is 0.844. The largest absolute Gasteiger partial charge is 0.364 e. The molecule has 0 fully saturated rings. The molecular weight excluding hydrogens is 224 g/mol. The molecule has 2 heterocycles. The lowest BCUT2D eigenvalue weighted by molar-refractivity contribution is 1.10. The number of benzene rings is 1. The van der Waals surface area contributed by atoms with E-state index in [1.54, 1.807) is 6.33 Å². The van der Waals surface area contributed by atoms with Crippen molar-refractivity contribution in [1.82, 2.24) is 15.0 Å². The third kappa shape index (κ3) is 1.93. The fourth-order valence-electron chi connectivity index (χ4n) is 1.99. The predicted molar refractivity (Wildman–Crippen MR) is 72.4 cm³/mol. The number of rotatable bonds is 3. The van der Waals surface area contributed by atoms with E-state index >= 15 is 0 Å². The molecule has 4 heteroatoms. The van der Waals surface area contributed by atoms with Gasteiger partial charge in [0.2, 0.25) is 0 Å². The second-order valence-corrected chi connectivity index (χ2v) is 4.26. The van der Waals surface area contributed by atoms with E-state index in [2.05, 4.69) is 32.4 Å². The first-order valence-corrected chi connectivity index (χ1v) is 5.91. The summed E-state index contributed by atoms with van der Waals surface area (Å²) in [5.41, 5.74) is 4.30. The molecule has 18 heavy (non-hydrogen) atoms. The second-order valence-electron chi connectivity index (χ2n) is 4.26. The van der Waals surface area contributed by atoms with Crippen LogP contribution in [0.5, 0.6) is 0 Å². The molecule has 0 radical (unpaired) electrons. The van der Waals surface area contributed by atoms with Crippen LogP contribution in [0.2, 0.25) is 0 Å². The van der Waals surface area contributed by atoms with E-state index < -0.39 is 0 Å². The monoisotopic (exact) mass is 238 g/mol. The van der Waals surface area contributed by atoms with Crippen LogP contribution in [0.15, 0.2) is 42.9 Å². The van der Waals surface area contributed by atoms with Gasteiger partial charge in [-0.05, 0) is 18.1 Å². The number of fused-ring (bicyclic) bond motifs is 1. The topological polar surface area (TPSA) is 53.6 Å². The van der Waals surface area contributed by atoms with Crippen LogP contribution >= 0.6 is 0 Å². The lowest BCUT2D eigenvalue weighted by Gasteiger charge is -2.06. The molecule has 0 saturated heterocycles. The number of anilines is 1. The number of aromatic amines is 1. The van der Waals surface area contributed by atoms with Crippen molar-refractivity contribution in [3.8, 4) is 0 Å². The minimum atomic E-state index is 0.755. The molecule has 2 N–H and O–H groups in total. The van der Waals surface area contributed by atoms with E-state index in [0.29, 0.717) is 0 Å². The Labute approximate surface area is 105 Å². The van der Waals surface area contributed by atoms with Gasteiger partial charge in [-0.1, -0.05) is 30.3 Å². The Morgan fingerprint density at radius 3 is 2.83 bits per heavy atom. The third-order valence-corrected chi connectivity index (χ3v) is 2.96. The van der Waals surface area contributed by atoms with Crippen LogP contribution in [-0.2, 0) is 6.54 Å². The number of hydrogen-bond acceptors (Lipinski definition) is 3. The molecule has 0 amide bonds. The van der Waals surface area contributed by atoms with Crippen molar-refractivity contribution in [2.45, 2.75) is 13.5 Å². The number of nitrogens with one attached hydrogen (secondary N) is 2. The van der Waals surface area contributed by atoms with Crippen LogP contribution < -0.4 is 5.32 Å². The summed E-state index contributed by atoms with van der Waals surface area (Å²) < 4.78 is 0. The molecule has 0 saturated carbocycles. The summed E-state index contributed by atoms with van der Waals surface area (Å²) in [6, 6.07) is 10.3. The molecule has 0 aliphatic carbocycles. The molecule has 3 aromatic rings. The highest BCUT2D eigenvalue weighted by molar-refractivity contribution is 5.87. The Hall–Kier alpha value is -2.36. The number of H-pyrrole nitrogens is 1. The van der Waals surface area contributed by atoms with E-state index in [4.69, 9.17) is 0 Å². The van der Waals surface area contributed by atoms with Crippen molar-refractivity contribution < 1.29 is 0 Å². The summed E-state index contributed by atoms with van der Waals surface area (Å²) in [6.45, 7) is 2.79. The smallest absolute Gasteiger partial charge is 0.154 e. The average molecular weight is 238 g/mol. The van der Waals surface area contributed by atoms with Crippen LogP contribution in [-0.4, -0.2) is 15.0 Å². The van der Waals surface area contributed by atoms with Gasteiger partial charge in [-0.15, -0.1) is 0 Å². The minimum absolute atomic E-state index is 0.755. The van der Waals surface area contributed by atoms with Crippen molar-refractivity contribution in [2.24, 2.45) is 0 Å². The molecule has 0 spiro atoms. The highest BCUT2D eigenvalue weighted by atomic mass is 15.0. The molecule has 3 rings (SSSR count). The van der Waals surface area contributed by atoms with Gasteiger partial charge < -0.3 is 10.3 Å². The summed E-state index contributed by atoms with van der Waals surface area (Å²) in [4.78, 5) is 11.8. The Balaban J connectivity index is 1.87. The van der Waals surface area contributed by atoms with E-state index in [1.165, 1.54) is 5.56 Å². The zero-order valence-corrected chi connectivity index (χ0v) is 10.1. The van der Waals surface area contributed by atoms with Crippen molar-refractivity contribution in [3.05, 3.63) is 54.0 Å². The molecule has 0 aliphatic rings. The van der Waals surface area contributed by atoms with E-state index in [9.17, 15) is 0 Å². The summed E-state index contributed by atoms with van der Waals surface area (Å²) in [6.07, 6.45) is 3.55. The lowest BCUT2D eigenvalue weighted by Crippen LogP contribution is -2.02. The maximum atomic E-state index is 4.28. The van der Waals surface area contributed by atoms with Crippen LogP contribution in [0.4, 0.5) is 5.82 Å². The lowest BCUT2D eigenvalue weighted by atomic mass is 10.2. The van der Waals surface area contributed by atoms with Crippen molar-refractivity contribution in [3.63, 3.8) is 0 Å². The Bertz CT molecular complexity index is 658. The van der Waals surface area contributed by atoms with Gasteiger partial charge in [0.1, 0.15) is 11.8 Å². The van der Waals surface area contributed by atoms with Crippen LogP contribution in [0, 0.1) is 6.92 Å². The molecule has 1 aromatic carbocycles. The Kier molecular flexibility index (Phi) is 2.68. The van der Waals surface area contributed by atoms with Gasteiger partial charge in [-0.3, -0.25) is 0 Å². The summed E-state index contributed by atoms with van der Waals surface area (Å²) in [7, 11) is 0. The maximum Gasteiger partial charge on any atom is 0.154 e. The van der Waals surface area contributed by atoms with Gasteiger partial charge in [0.05, 0.1) is 5.52 Å². The predicted octanol–water partition coefficient (Wildman–Crippen LogP) is 2.88. The Morgan fingerprint density at radius 1 is 1.17 bits per heavy atom. The number of nitrogens with zero attached hydrogens (tertiary/aromatic N) is 2. The van der Waals surface area contributed by atoms with Crippen LogP contribution in [0.3, 0.4) is 0 Å². The third-order valence-electron chi connectivity index (χ3n) is 2.96. The first kappa shape index (κ1) is 10.8. The molecule has 4 nitrogen and oxygen atoms in total. The van der Waals surface area contributed by atoms with Crippen molar-refractivity contribution in [1.29, 1.82) is 0 Å². The number of aryl methyl sites for hydroxylation is 1. The molecule has 0 atom stereocenters. The highest BCUT2D eigenvalue weighted by Gasteiger charge is 2.06. The van der Waals surface area contributed by atoms with Crippen molar-refractivity contribution >= 4 is 16.9 Å².